The fraction of sp³-hybridized carbons (Fsp3) is 0.364. The summed E-state index contributed by atoms with van der Waals surface area (Å²) in [6.07, 6.45) is 0. The Bertz CT molecular complexity index is 783. The van der Waals surface area contributed by atoms with Crippen LogP contribution in [-0.4, -0.2) is 68.8 Å². The number of benzene rings is 2. The van der Waals surface area contributed by atoms with Gasteiger partial charge in [-0.25, -0.2) is 0 Å². The third-order valence-electron chi connectivity index (χ3n) is 4.79. The Labute approximate surface area is 200 Å². The van der Waals surface area contributed by atoms with E-state index in [1.807, 2.05) is 41.3 Å². The van der Waals surface area contributed by atoms with Gasteiger partial charge in [-0.05, 0) is 24.3 Å². The number of nitrogens with one attached hydrogen (secondary N) is 2. The van der Waals surface area contributed by atoms with Crippen LogP contribution in [0.5, 0.6) is 0 Å². The normalized spacial score (nSPS) is 14.1. The third-order valence-corrected chi connectivity index (χ3v) is 5.80. The van der Waals surface area contributed by atoms with Gasteiger partial charge in [0.15, 0.2) is 5.96 Å². The summed E-state index contributed by atoms with van der Waals surface area (Å²) in [6, 6.07) is 20.7. The average molecular weight is 539 g/mol. The van der Waals surface area contributed by atoms with Crippen LogP contribution in [0.4, 0.5) is 5.69 Å². The summed E-state index contributed by atoms with van der Waals surface area (Å²) >= 11 is 1.79. The van der Waals surface area contributed by atoms with Crippen molar-refractivity contribution in [1.82, 2.24) is 15.5 Å². The molecule has 1 fully saturated rings. The van der Waals surface area contributed by atoms with Crippen molar-refractivity contribution in [2.75, 3.05) is 57.0 Å². The zero-order valence-electron chi connectivity index (χ0n) is 17.3. The first-order chi connectivity index (χ1) is 14.3. The maximum Gasteiger partial charge on any atom is 0.242 e. The molecule has 0 bridgehead atoms. The Morgan fingerprint density at radius 3 is 2.23 bits per heavy atom. The first-order valence-electron chi connectivity index (χ1n) is 9.96. The SMILES string of the molecule is CN=C(NCCSc1ccccc1)NCC(=O)N1CCN(c2ccccc2)CC1.I. The second-order valence-corrected chi connectivity index (χ2v) is 7.89. The van der Waals surface area contributed by atoms with E-state index in [4.69, 9.17) is 0 Å². The lowest BCUT2D eigenvalue weighted by atomic mass is 10.2. The molecular formula is C22H30IN5OS. The number of rotatable bonds is 7. The molecule has 1 aliphatic heterocycles. The lowest BCUT2D eigenvalue weighted by Gasteiger charge is -2.36. The molecule has 2 aromatic rings. The van der Waals surface area contributed by atoms with Crippen molar-refractivity contribution in [3.8, 4) is 0 Å². The number of anilines is 1. The lowest BCUT2D eigenvalue weighted by Crippen LogP contribution is -2.52. The van der Waals surface area contributed by atoms with Gasteiger partial charge in [0, 0.05) is 56.1 Å². The topological polar surface area (TPSA) is 60.0 Å². The van der Waals surface area contributed by atoms with Crippen LogP contribution in [0.3, 0.4) is 0 Å². The van der Waals surface area contributed by atoms with E-state index in [-0.39, 0.29) is 36.4 Å². The molecule has 1 saturated heterocycles. The van der Waals surface area contributed by atoms with Crippen LogP contribution in [0.1, 0.15) is 0 Å². The summed E-state index contributed by atoms with van der Waals surface area (Å²) in [5.74, 6) is 1.70. The monoisotopic (exact) mass is 539 g/mol. The van der Waals surface area contributed by atoms with Crippen molar-refractivity contribution in [3.63, 3.8) is 0 Å². The van der Waals surface area contributed by atoms with E-state index < -0.39 is 0 Å². The number of carbonyl (C=O) groups is 1. The number of carbonyl (C=O) groups excluding carboxylic acids is 1. The minimum atomic E-state index is 0. The summed E-state index contributed by atoms with van der Waals surface area (Å²) in [7, 11) is 1.72. The van der Waals surface area contributed by atoms with E-state index in [2.05, 4.69) is 44.8 Å². The number of nitrogens with zero attached hydrogens (tertiary/aromatic N) is 3. The second-order valence-electron chi connectivity index (χ2n) is 6.72. The summed E-state index contributed by atoms with van der Waals surface area (Å²) in [4.78, 5) is 22.2. The molecule has 2 N–H and O–H groups in total. The minimum Gasteiger partial charge on any atom is -0.368 e. The van der Waals surface area contributed by atoms with E-state index in [1.54, 1.807) is 18.8 Å². The molecule has 2 aromatic carbocycles. The van der Waals surface area contributed by atoms with Crippen molar-refractivity contribution in [3.05, 3.63) is 60.7 Å². The quantitative estimate of drug-likeness (QED) is 0.186. The molecule has 0 aliphatic carbocycles. The molecule has 0 atom stereocenters. The standard InChI is InChI=1S/C22H29N5OS.HI/c1-23-22(24-12-17-29-20-10-6-3-7-11-20)25-18-21(28)27-15-13-26(14-16-27)19-8-4-2-5-9-19;/h2-11H,12-18H2,1H3,(H2,23,24,25);1H. The van der Waals surface area contributed by atoms with Gasteiger partial charge >= 0.3 is 0 Å². The molecule has 0 aromatic heterocycles. The highest BCUT2D eigenvalue weighted by molar-refractivity contribution is 14.0. The minimum absolute atomic E-state index is 0. The smallest absolute Gasteiger partial charge is 0.242 e. The number of amides is 1. The lowest BCUT2D eigenvalue weighted by molar-refractivity contribution is -0.130. The maximum atomic E-state index is 12.5. The van der Waals surface area contributed by atoms with Gasteiger partial charge in [-0.15, -0.1) is 35.7 Å². The van der Waals surface area contributed by atoms with E-state index in [9.17, 15) is 4.79 Å². The number of piperazine rings is 1. The molecule has 8 heteroatoms. The Morgan fingerprint density at radius 2 is 1.60 bits per heavy atom. The predicted molar refractivity (Wildman–Crippen MR) is 137 cm³/mol. The van der Waals surface area contributed by atoms with Gasteiger partial charge in [-0.2, -0.15) is 0 Å². The summed E-state index contributed by atoms with van der Waals surface area (Å²) in [5.41, 5.74) is 1.22. The molecule has 1 aliphatic rings. The van der Waals surface area contributed by atoms with Crippen LogP contribution < -0.4 is 15.5 Å². The van der Waals surface area contributed by atoms with E-state index in [1.165, 1.54) is 10.6 Å². The van der Waals surface area contributed by atoms with Crippen molar-refractivity contribution in [2.24, 2.45) is 4.99 Å². The van der Waals surface area contributed by atoms with Crippen LogP contribution in [-0.2, 0) is 4.79 Å². The molecule has 0 radical (unpaired) electrons. The number of halogens is 1. The largest absolute Gasteiger partial charge is 0.368 e. The Morgan fingerprint density at radius 1 is 0.967 bits per heavy atom. The number of aliphatic imine (C=N–C) groups is 1. The Hall–Kier alpha value is -1.94. The predicted octanol–water partition coefficient (Wildman–Crippen LogP) is 2.91. The maximum absolute atomic E-state index is 12.5. The molecule has 3 rings (SSSR count). The molecule has 30 heavy (non-hydrogen) atoms. The second kappa shape index (κ2) is 13.4. The first-order valence-corrected chi connectivity index (χ1v) is 10.9. The van der Waals surface area contributed by atoms with E-state index in [0.717, 1.165) is 38.5 Å². The first kappa shape index (κ1) is 24.3. The fourth-order valence-electron chi connectivity index (χ4n) is 3.20. The summed E-state index contributed by atoms with van der Waals surface area (Å²) < 4.78 is 0. The van der Waals surface area contributed by atoms with Crippen LogP contribution in [0.25, 0.3) is 0 Å². The van der Waals surface area contributed by atoms with Crippen molar-refractivity contribution in [1.29, 1.82) is 0 Å². The third kappa shape index (κ3) is 7.71. The molecule has 162 valence electrons. The highest BCUT2D eigenvalue weighted by Gasteiger charge is 2.21. The van der Waals surface area contributed by atoms with Crippen LogP contribution in [0.2, 0.25) is 0 Å². The average Bonchev–Trinajstić information content (AvgIpc) is 2.80. The Balaban J connectivity index is 0.00000320. The molecule has 1 amide bonds. The van der Waals surface area contributed by atoms with Gasteiger partial charge in [-0.3, -0.25) is 9.79 Å². The summed E-state index contributed by atoms with van der Waals surface area (Å²) in [5, 5.41) is 6.40. The van der Waals surface area contributed by atoms with Gasteiger partial charge in [0.05, 0.1) is 6.54 Å². The number of para-hydroxylation sites is 1. The van der Waals surface area contributed by atoms with Crippen LogP contribution in [0, 0.1) is 0 Å². The van der Waals surface area contributed by atoms with Crippen molar-refractivity contribution >= 4 is 53.3 Å². The zero-order valence-corrected chi connectivity index (χ0v) is 20.4. The van der Waals surface area contributed by atoms with Gasteiger partial charge in [-0.1, -0.05) is 36.4 Å². The highest BCUT2D eigenvalue weighted by atomic mass is 127. The zero-order chi connectivity index (χ0) is 20.3. The summed E-state index contributed by atoms with van der Waals surface area (Å²) in [6.45, 7) is 4.25. The number of hydrogen-bond acceptors (Lipinski definition) is 4. The van der Waals surface area contributed by atoms with Gasteiger partial charge in [0.2, 0.25) is 5.91 Å². The van der Waals surface area contributed by atoms with Gasteiger partial charge in [0.1, 0.15) is 0 Å². The number of hydrogen-bond donors (Lipinski definition) is 2. The molecule has 0 unspecified atom stereocenters. The Kier molecular flexibility index (Phi) is 10.9. The van der Waals surface area contributed by atoms with E-state index >= 15 is 0 Å². The fourth-order valence-corrected chi connectivity index (χ4v) is 3.99. The number of thioether (sulfide) groups is 1. The van der Waals surface area contributed by atoms with Crippen LogP contribution >= 0.6 is 35.7 Å². The molecular weight excluding hydrogens is 509 g/mol. The molecule has 0 saturated carbocycles. The molecule has 1 heterocycles. The van der Waals surface area contributed by atoms with Crippen molar-refractivity contribution in [2.45, 2.75) is 4.90 Å². The highest BCUT2D eigenvalue weighted by Crippen LogP contribution is 2.16. The number of guanidine groups is 1. The van der Waals surface area contributed by atoms with Crippen LogP contribution in [0.15, 0.2) is 70.6 Å². The van der Waals surface area contributed by atoms with Crippen molar-refractivity contribution < 1.29 is 4.79 Å². The van der Waals surface area contributed by atoms with Gasteiger partial charge < -0.3 is 20.4 Å². The molecule has 6 nitrogen and oxygen atoms in total. The molecule has 0 spiro atoms. The van der Waals surface area contributed by atoms with Gasteiger partial charge in [0.25, 0.3) is 0 Å². The van der Waals surface area contributed by atoms with E-state index in [0.29, 0.717) is 5.96 Å².